The third-order valence-electron chi connectivity index (χ3n) is 6.08. The minimum Gasteiger partial charge on any atom is -0.480 e. The van der Waals surface area contributed by atoms with Gasteiger partial charge in [-0.05, 0) is 43.0 Å². The van der Waals surface area contributed by atoms with E-state index in [1.54, 1.807) is 20.8 Å². The van der Waals surface area contributed by atoms with Gasteiger partial charge in [0.2, 0.25) is 5.91 Å². The van der Waals surface area contributed by atoms with Crippen LogP contribution < -0.4 is 10.6 Å². The van der Waals surface area contributed by atoms with Crippen molar-refractivity contribution in [3.05, 3.63) is 59.7 Å². The molecule has 2 aromatic carbocycles. The van der Waals surface area contributed by atoms with Crippen molar-refractivity contribution in [1.29, 1.82) is 0 Å². The summed E-state index contributed by atoms with van der Waals surface area (Å²) < 4.78 is 10.8. The maximum Gasteiger partial charge on any atom is 0.407 e. The number of aliphatic carboxylic acids is 1. The van der Waals surface area contributed by atoms with E-state index in [1.165, 1.54) is 7.11 Å². The van der Waals surface area contributed by atoms with Crippen LogP contribution in [0.5, 0.6) is 0 Å². The van der Waals surface area contributed by atoms with Crippen molar-refractivity contribution in [3.63, 3.8) is 0 Å². The van der Waals surface area contributed by atoms with E-state index < -0.39 is 35.7 Å². The van der Waals surface area contributed by atoms with Crippen molar-refractivity contribution in [1.82, 2.24) is 10.6 Å². The van der Waals surface area contributed by atoms with Crippen LogP contribution >= 0.6 is 0 Å². The molecule has 0 saturated carbocycles. The minimum atomic E-state index is -1.14. The molecule has 2 atom stereocenters. The van der Waals surface area contributed by atoms with Crippen molar-refractivity contribution in [2.75, 3.05) is 13.7 Å². The van der Waals surface area contributed by atoms with E-state index in [-0.39, 0.29) is 25.4 Å². The Morgan fingerprint density at radius 1 is 1.00 bits per heavy atom. The highest BCUT2D eigenvalue weighted by molar-refractivity contribution is 5.84. The van der Waals surface area contributed by atoms with Crippen LogP contribution in [0.15, 0.2) is 48.5 Å². The first kappa shape index (κ1) is 25.2. The monoisotopic (exact) mass is 468 g/mol. The zero-order valence-electron chi connectivity index (χ0n) is 20.0. The third kappa shape index (κ3) is 6.14. The maximum atomic E-state index is 12.4. The highest BCUT2D eigenvalue weighted by atomic mass is 16.5. The van der Waals surface area contributed by atoms with E-state index in [9.17, 15) is 19.5 Å². The van der Waals surface area contributed by atoms with Gasteiger partial charge in [0.05, 0.1) is 5.60 Å². The summed E-state index contributed by atoms with van der Waals surface area (Å²) in [7, 11) is 1.49. The van der Waals surface area contributed by atoms with E-state index in [2.05, 4.69) is 22.8 Å². The SMILES string of the molecule is COC(C)(C)CC(NC(=O)CC(C)NC(=O)OCC1c2ccccc2-c2ccccc21)C(=O)O. The summed E-state index contributed by atoms with van der Waals surface area (Å²) in [6, 6.07) is 14.5. The highest BCUT2D eigenvalue weighted by Gasteiger charge is 2.30. The molecule has 0 spiro atoms. The number of alkyl carbamates (subject to hydrolysis) is 1. The van der Waals surface area contributed by atoms with Gasteiger partial charge in [0, 0.05) is 31.9 Å². The quantitative estimate of drug-likeness (QED) is 0.490. The Morgan fingerprint density at radius 3 is 2.09 bits per heavy atom. The zero-order chi connectivity index (χ0) is 24.9. The van der Waals surface area contributed by atoms with E-state index in [0.29, 0.717) is 0 Å². The predicted octanol–water partition coefficient (Wildman–Crippen LogP) is 3.69. The van der Waals surface area contributed by atoms with Gasteiger partial charge in [-0.1, -0.05) is 48.5 Å². The summed E-state index contributed by atoms with van der Waals surface area (Å²) in [5.74, 6) is -1.68. The fourth-order valence-corrected chi connectivity index (χ4v) is 4.20. The van der Waals surface area contributed by atoms with Gasteiger partial charge >= 0.3 is 12.1 Å². The molecule has 34 heavy (non-hydrogen) atoms. The summed E-state index contributed by atoms with van der Waals surface area (Å²) in [4.78, 5) is 36.3. The van der Waals surface area contributed by atoms with Gasteiger partial charge in [0.15, 0.2) is 0 Å². The molecule has 0 fully saturated rings. The average molecular weight is 469 g/mol. The van der Waals surface area contributed by atoms with Gasteiger partial charge < -0.3 is 25.2 Å². The lowest BCUT2D eigenvalue weighted by atomic mass is 9.98. The fourth-order valence-electron chi connectivity index (χ4n) is 4.20. The molecule has 0 aromatic heterocycles. The molecule has 3 N–H and O–H groups in total. The van der Waals surface area contributed by atoms with Crippen LogP contribution in [0.2, 0.25) is 0 Å². The Hall–Kier alpha value is -3.39. The number of carboxylic acids is 1. The summed E-state index contributed by atoms with van der Waals surface area (Å²) in [5.41, 5.74) is 3.80. The number of carbonyl (C=O) groups excluding carboxylic acids is 2. The zero-order valence-corrected chi connectivity index (χ0v) is 20.0. The molecular formula is C26H32N2O6. The lowest BCUT2D eigenvalue weighted by molar-refractivity contribution is -0.144. The Bertz CT molecular complexity index is 1010. The third-order valence-corrected chi connectivity index (χ3v) is 6.08. The van der Waals surface area contributed by atoms with Gasteiger partial charge in [-0.25, -0.2) is 9.59 Å². The normalized spacial score (nSPS) is 14.5. The number of rotatable bonds is 10. The van der Waals surface area contributed by atoms with Crippen molar-refractivity contribution < 1.29 is 29.0 Å². The number of hydrogen-bond donors (Lipinski definition) is 3. The van der Waals surface area contributed by atoms with Gasteiger partial charge in [-0.2, -0.15) is 0 Å². The second-order valence-corrected chi connectivity index (χ2v) is 9.20. The van der Waals surface area contributed by atoms with Gasteiger partial charge in [-0.3, -0.25) is 4.79 Å². The highest BCUT2D eigenvalue weighted by Crippen LogP contribution is 2.44. The van der Waals surface area contributed by atoms with Crippen LogP contribution in [-0.2, 0) is 19.1 Å². The molecule has 182 valence electrons. The van der Waals surface area contributed by atoms with Crippen molar-refractivity contribution >= 4 is 18.0 Å². The molecule has 8 nitrogen and oxygen atoms in total. The van der Waals surface area contributed by atoms with E-state index in [4.69, 9.17) is 9.47 Å². The number of amides is 2. The second kappa shape index (κ2) is 10.7. The number of fused-ring (bicyclic) bond motifs is 3. The Kier molecular flexibility index (Phi) is 7.94. The summed E-state index contributed by atoms with van der Waals surface area (Å²) in [6.45, 7) is 5.33. The molecule has 0 aliphatic heterocycles. The summed E-state index contributed by atoms with van der Waals surface area (Å²) in [5, 5.41) is 14.6. The molecule has 3 rings (SSSR count). The van der Waals surface area contributed by atoms with Crippen LogP contribution in [0.1, 0.15) is 50.7 Å². The number of carbonyl (C=O) groups is 3. The van der Waals surface area contributed by atoms with Crippen molar-refractivity contribution in [2.45, 2.75) is 57.2 Å². The number of hydrogen-bond acceptors (Lipinski definition) is 5. The summed E-state index contributed by atoms with van der Waals surface area (Å²) >= 11 is 0. The lowest BCUT2D eigenvalue weighted by Crippen LogP contribution is -2.47. The smallest absolute Gasteiger partial charge is 0.407 e. The van der Waals surface area contributed by atoms with Gasteiger partial charge in [-0.15, -0.1) is 0 Å². The predicted molar refractivity (Wildman–Crippen MR) is 128 cm³/mol. The van der Waals surface area contributed by atoms with E-state index in [0.717, 1.165) is 22.3 Å². The topological polar surface area (TPSA) is 114 Å². The van der Waals surface area contributed by atoms with Crippen LogP contribution in [-0.4, -0.2) is 54.5 Å². The standard InChI is InChI=1S/C26H32N2O6/c1-16(13-23(29)28-22(24(30)31)14-26(2,3)33-4)27-25(32)34-15-21-19-11-7-5-9-17(19)18-10-6-8-12-20(18)21/h5-12,16,21-22H,13-15H2,1-4H3,(H,27,32)(H,28,29)(H,30,31). The van der Waals surface area contributed by atoms with E-state index in [1.807, 2.05) is 36.4 Å². The van der Waals surface area contributed by atoms with Crippen LogP contribution in [0.4, 0.5) is 4.79 Å². The number of ether oxygens (including phenoxy) is 2. The Labute approximate surface area is 199 Å². The van der Waals surface area contributed by atoms with E-state index >= 15 is 0 Å². The average Bonchev–Trinajstić information content (AvgIpc) is 3.10. The van der Waals surface area contributed by atoms with Gasteiger partial charge in [0.25, 0.3) is 0 Å². The molecule has 0 radical (unpaired) electrons. The molecule has 8 heteroatoms. The first-order valence-electron chi connectivity index (χ1n) is 11.3. The molecule has 0 bridgehead atoms. The van der Waals surface area contributed by atoms with Crippen molar-refractivity contribution in [3.8, 4) is 11.1 Å². The summed E-state index contributed by atoms with van der Waals surface area (Å²) in [6.07, 6.45) is -0.599. The number of carboxylic acid groups (broad SMARTS) is 1. The molecule has 2 amide bonds. The molecule has 0 heterocycles. The van der Waals surface area contributed by atoms with Crippen LogP contribution in [0.3, 0.4) is 0 Å². The number of benzene rings is 2. The minimum absolute atomic E-state index is 0.0581. The molecule has 0 saturated heterocycles. The Morgan fingerprint density at radius 2 is 1.56 bits per heavy atom. The van der Waals surface area contributed by atoms with Crippen molar-refractivity contribution in [2.24, 2.45) is 0 Å². The second-order valence-electron chi connectivity index (χ2n) is 9.20. The molecule has 1 aliphatic carbocycles. The van der Waals surface area contributed by atoms with Crippen LogP contribution in [0, 0.1) is 0 Å². The Balaban J connectivity index is 1.52. The van der Waals surface area contributed by atoms with Gasteiger partial charge in [0.1, 0.15) is 12.6 Å². The van der Waals surface area contributed by atoms with Crippen LogP contribution in [0.25, 0.3) is 11.1 Å². The number of methoxy groups -OCH3 is 1. The fraction of sp³-hybridized carbons (Fsp3) is 0.423. The molecule has 2 aromatic rings. The lowest BCUT2D eigenvalue weighted by Gasteiger charge is -2.27. The first-order valence-corrected chi connectivity index (χ1v) is 11.3. The molecular weight excluding hydrogens is 436 g/mol. The maximum absolute atomic E-state index is 12.4. The number of nitrogens with one attached hydrogen (secondary N) is 2. The molecule has 1 aliphatic rings. The largest absolute Gasteiger partial charge is 0.480 e. The molecule has 2 unspecified atom stereocenters. The first-order chi connectivity index (χ1) is 16.1.